The van der Waals surface area contributed by atoms with E-state index in [-0.39, 0.29) is 18.2 Å². The number of nitrogens with zero attached hydrogens (tertiary/aromatic N) is 1. The second-order valence-electron chi connectivity index (χ2n) is 5.09. The van der Waals surface area contributed by atoms with E-state index in [2.05, 4.69) is 5.32 Å². The number of rotatable bonds is 6. The van der Waals surface area contributed by atoms with Gasteiger partial charge >= 0.3 is 5.97 Å². The number of sulfonamides is 1. The Labute approximate surface area is 113 Å². The van der Waals surface area contributed by atoms with Gasteiger partial charge in [-0.25, -0.2) is 13.2 Å². The van der Waals surface area contributed by atoms with Crippen molar-refractivity contribution in [2.24, 2.45) is 5.92 Å². The Hall–Kier alpha value is -1.15. The first-order valence-corrected chi connectivity index (χ1v) is 7.83. The molecular formula is C11H20N2O5S. The van der Waals surface area contributed by atoms with E-state index >= 15 is 0 Å². The molecule has 0 aliphatic carbocycles. The van der Waals surface area contributed by atoms with Crippen LogP contribution in [0.5, 0.6) is 0 Å². The predicted octanol–water partition coefficient (Wildman–Crippen LogP) is -0.363. The van der Waals surface area contributed by atoms with Crippen LogP contribution in [0.2, 0.25) is 0 Å². The maximum Gasteiger partial charge on any atom is 0.326 e. The van der Waals surface area contributed by atoms with Gasteiger partial charge in [0.25, 0.3) is 0 Å². The van der Waals surface area contributed by atoms with Crippen LogP contribution in [0.4, 0.5) is 0 Å². The molecule has 1 fully saturated rings. The van der Waals surface area contributed by atoms with Crippen molar-refractivity contribution in [2.45, 2.75) is 32.7 Å². The van der Waals surface area contributed by atoms with Crippen molar-refractivity contribution in [2.75, 3.05) is 18.8 Å². The number of amides is 1. The third kappa shape index (κ3) is 4.79. The van der Waals surface area contributed by atoms with Gasteiger partial charge in [0.2, 0.25) is 15.9 Å². The van der Waals surface area contributed by atoms with Gasteiger partial charge in [-0.15, -0.1) is 0 Å². The third-order valence-corrected chi connectivity index (χ3v) is 4.77. The van der Waals surface area contributed by atoms with Gasteiger partial charge in [-0.05, 0) is 18.8 Å². The molecular weight excluding hydrogens is 272 g/mol. The zero-order valence-electron chi connectivity index (χ0n) is 11.1. The van der Waals surface area contributed by atoms with Crippen LogP contribution >= 0.6 is 0 Å². The van der Waals surface area contributed by atoms with E-state index in [1.807, 2.05) is 13.8 Å². The molecule has 1 aliphatic heterocycles. The largest absolute Gasteiger partial charge is 0.480 e. The third-order valence-electron chi connectivity index (χ3n) is 2.86. The molecule has 0 saturated carbocycles. The van der Waals surface area contributed by atoms with Gasteiger partial charge in [-0.2, -0.15) is 4.31 Å². The number of hydrogen-bond donors (Lipinski definition) is 2. The maximum absolute atomic E-state index is 11.7. The molecule has 1 aliphatic rings. The molecule has 8 heteroatoms. The smallest absolute Gasteiger partial charge is 0.326 e. The fraction of sp³-hybridized carbons (Fsp3) is 0.818. The summed E-state index contributed by atoms with van der Waals surface area (Å²) in [4.78, 5) is 22.7. The Morgan fingerprint density at radius 1 is 1.37 bits per heavy atom. The van der Waals surface area contributed by atoms with E-state index in [1.165, 1.54) is 0 Å². The SMILES string of the molecule is CC(C)C[C@H](NC(=O)CN1CCCS1(=O)=O)C(=O)O. The van der Waals surface area contributed by atoms with E-state index in [1.54, 1.807) is 0 Å². The second-order valence-corrected chi connectivity index (χ2v) is 7.18. The van der Waals surface area contributed by atoms with Gasteiger partial charge in [-0.3, -0.25) is 4.79 Å². The van der Waals surface area contributed by atoms with Crippen LogP contribution < -0.4 is 5.32 Å². The Balaban J connectivity index is 2.56. The van der Waals surface area contributed by atoms with Crippen molar-refractivity contribution in [1.29, 1.82) is 0 Å². The normalized spacial score (nSPS) is 20.4. The van der Waals surface area contributed by atoms with E-state index < -0.39 is 27.9 Å². The molecule has 1 atom stereocenters. The molecule has 0 bridgehead atoms. The zero-order valence-corrected chi connectivity index (χ0v) is 11.9. The minimum absolute atomic E-state index is 0.0502. The second kappa shape index (κ2) is 6.33. The summed E-state index contributed by atoms with van der Waals surface area (Å²) in [6, 6.07) is -0.974. The lowest BCUT2D eigenvalue weighted by atomic mass is 10.0. The van der Waals surface area contributed by atoms with Gasteiger partial charge in [0, 0.05) is 6.54 Å². The highest BCUT2D eigenvalue weighted by Crippen LogP contribution is 2.12. The molecule has 1 heterocycles. The number of hydrogen-bond acceptors (Lipinski definition) is 4. The molecule has 7 nitrogen and oxygen atoms in total. The summed E-state index contributed by atoms with van der Waals surface area (Å²) in [5, 5.41) is 11.4. The van der Waals surface area contributed by atoms with E-state index in [0.29, 0.717) is 19.4 Å². The molecule has 0 unspecified atom stereocenters. The van der Waals surface area contributed by atoms with Crippen molar-refractivity contribution >= 4 is 21.9 Å². The number of carbonyl (C=O) groups is 2. The molecule has 19 heavy (non-hydrogen) atoms. The van der Waals surface area contributed by atoms with Crippen LogP contribution in [0.3, 0.4) is 0 Å². The van der Waals surface area contributed by atoms with Crippen molar-refractivity contribution in [3.63, 3.8) is 0 Å². The van der Waals surface area contributed by atoms with Gasteiger partial charge in [0.15, 0.2) is 0 Å². The Morgan fingerprint density at radius 3 is 2.42 bits per heavy atom. The Kier molecular flexibility index (Phi) is 5.30. The lowest BCUT2D eigenvalue weighted by Crippen LogP contribution is -2.46. The number of nitrogens with one attached hydrogen (secondary N) is 1. The summed E-state index contributed by atoms with van der Waals surface area (Å²) in [5.41, 5.74) is 0. The van der Waals surface area contributed by atoms with Crippen LogP contribution in [0.25, 0.3) is 0 Å². The molecule has 0 aromatic rings. The van der Waals surface area contributed by atoms with Crippen LogP contribution in [-0.2, 0) is 19.6 Å². The highest BCUT2D eigenvalue weighted by molar-refractivity contribution is 7.89. The predicted molar refractivity (Wildman–Crippen MR) is 69.0 cm³/mol. The molecule has 1 saturated heterocycles. The van der Waals surface area contributed by atoms with Gasteiger partial charge < -0.3 is 10.4 Å². The number of carboxylic acids is 1. The number of carbonyl (C=O) groups excluding carboxylic acids is 1. The van der Waals surface area contributed by atoms with Crippen LogP contribution in [0, 0.1) is 5.92 Å². The first-order valence-electron chi connectivity index (χ1n) is 6.22. The summed E-state index contributed by atoms with van der Waals surface area (Å²) >= 11 is 0. The molecule has 0 aromatic carbocycles. The average Bonchev–Trinajstić information content (AvgIpc) is 2.56. The number of aliphatic carboxylic acids is 1. The van der Waals surface area contributed by atoms with Crippen LogP contribution in [0.1, 0.15) is 26.7 Å². The standard InChI is InChI=1S/C11H20N2O5S/c1-8(2)6-9(11(15)16)12-10(14)7-13-4-3-5-19(13,17)18/h8-9H,3-7H2,1-2H3,(H,12,14)(H,15,16)/t9-/m0/s1. The van der Waals surface area contributed by atoms with Gasteiger partial charge in [-0.1, -0.05) is 13.8 Å². The van der Waals surface area contributed by atoms with Crippen molar-refractivity contribution in [3.8, 4) is 0 Å². The Morgan fingerprint density at radius 2 is 2.00 bits per heavy atom. The fourth-order valence-electron chi connectivity index (χ4n) is 1.96. The summed E-state index contributed by atoms with van der Waals surface area (Å²) in [6.07, 6.45) is 0.817. The quantitative estimate of drug-likeness (QED) is 0.695. The summed E-state index contributed by atoms with van der Waals surface area (Å²) in [7, 11) is -3.34. The zero-order chi connectivity index (χ0) is 14.6. The highest BCUT2D eigenvalue weighted by atomic mass is 32.2. The lowest BCUT2D eigenvalue weighted by Gasteiger charge is -2.19. The maximum atomic E-state index is 11.7. The molecule has 110 valence electrons. The average molecular weight is 292 g/mol. The van der Waals surface area contributed by atoms with E-state index in [0.717, 1.165) is 4.31 Å². The lowest BCUT2D eigenvalue weighted by molar-refractivity contribution is -0.142. The van der Waals surface area contributed by atoms with Gasteiger partial charge in [0.05, 0.1) is 12.3 Å². The van der Waals surface area contributed by atoms with Gasteiger partial charge in [0.1, 0.15) is 6.04 Å². The Bertz CT molecular complexity index is 446. The van der Waals surface area contributed by atoms with Crippen molar-refractivity contribution in [3.05, 3.63) is 0 Å². The monoisotopic (exact) mass is 292 g/mol. The first kappa shape index (κ1) is 15.9. The topological polar surface area (TPSA) is 104 Å². The molecule has 0 aromatic heterocycles. The molecule has 1 rings (SSSR count). The van der Waals surface area contributed by atoms with Crippen molar-refractivity contribution in [1.82, 2.24) is 9.62 Å². The molecule has 0 radical (unpaired) electrons. The fourth-order valence-corrected chi connectivity index (χ4v) is 3.44. The van der Waals surface area contributed by atoms with Crippen molar-refractivity contribution < 1.29 is 23.1 Å². The minimum atomic E-state index is -3.34. The van der Waals surface area contributed by atoms with Crippen LogP contribution in [0.15, 0.2) is 0 Å². The number of carboxylic acid groups (broad SMARTS) is 1. The molecule has 1 amide bonds. The summed E-state index contributed by atoms with van der Waals surface area (Å²) < 4.78 is 24.1. The molecule has 0 spiro atoms. The van der Waals surface area contributed by atoms with E-state index in [9.17, 15) is 18.0 Å². The summed E-state index contributed by atoms with van der Waals surface area (Å²) in [5.74, 6) is -1.50. The molecule has 2 N–H and O–H groups in total. The first-order chi connectivity index (χ1) is 8.72. The van der Waals surface area contributed by atoms with Crippen LogP contribution in [-0.4, -0.2) is 54.6 Å². The highest BCUT2D eigenvalue weighted by Gasteiger charge is 2.31. The summed E-state index contributed by atoms with van der Waals surface area (Å²) in [6.45, 7) is 3.72. The minimum Gasteiger partial charge on any atom is -0.480 e. The van der Waals surface area contributed by atoms with E-state index in [4.69, 9.17) is 5.11 Å².